The van der Waals surface area contributed by atoms with Gasteiger partial charge in [0.05, 0.1) is 10.6 Å². The van der Waals surface area contributed by atoms with Crippen LogP contribution >= 0.6 is 11.6 Å². The van der Waals surface area contributed by atoms with Crippen LogP contribution in [0.15, 0.2) is 18.2 Å². The van der Waals surface area contributed by atoms with Crippen molar-refractivity contribution in [1.29, 1.82) is 0 Å². The average molecular weight is 274 g/mol. The van der Waals surface area contributed by atoms with Crippen LogP contribution in [-0.2, 0) is 4.79 Å². The lowest BCUT2D eigenvalue weighted by molar-refractivity contribution is -0.139. The first-order chi connectivity index (χ1) is 8.47. The van der Waals surface area contributed by atoms with Gasteiger partial charge in [-0.05, 0) is 18.6 Å². The number of carbonyl (C=O) groups is 2. The molecule has 1 aromatic rings. The Morgan fingerprint density at radius 3 is 2.67 bits per heavy atom. The number of hydrogen-bond acceptors (Lipinski definition) is 2. The maximum atomic E-state index is 13.4. The molecule has 0 heterocycles. The van der Waals surface area contributed by atoms with Gasteiger partial charge in [0.15, 0.2) is 0 Å². The molecular formula is C12H13ClFNO3. The second-order valence-electron chi connectivity index (χ2n) is 3.75. The summed E-state index contributed by atoms with van der Waals surface area (Å²) in [4.78, 5) is 22.7. The average Bonchev–Trinajstić information content (AvgIpc) is 2.28. The fourth-order valence-corrected chi connectivity index (χ4v) is 1.74. The second kappa shape index (κ2) is 6.35. The first-order valence-corrected chi connectivity index (χ1v) is 5.82. The van der Waals surface area contributed by atoms with E-state index in [1.54, 1.807) is 6.92 Å². The van der Waals surface area contributed by atoms with E-state index in [4.69, 9.17) is 16.7 Å². The van der Waals surface area contributed by atoms with E-state index in [2.05, 4.69) is 5.32 Å². The maximum Gasteiger partial charge on any atom is 0.326 e. The lowest BCUT2D eigenvalue weighted by Crippen LogP contribution is -2.41. The first kappa shape index (κ1) is 14.4. The number of carbonyl (C=O) groups excluding carboxylic acids is 1. The highest BCUT2D eigenvalue weighted by molar-refractivity contribution is 6.33. The summed E-state index contributed by atoms with van der Waals surface area (Å²) < 4.78 is 13.4. The van der Waals surface area contributed by atoms with Gasteiger partial charge >= 0.3 is 5.97 Å². The van der Waals surface area contributed by atoms with Gasteiger partial charge in [-0.3, -0.25) is 4.79 Å². The number of aliphatic carboxylic acids is 1. The highest BCUT2D eigenvalue weighted by Crippen LogP contribution is 2.19. The molecule has 6 heteroatoms. The van der Waals surface area contributed by atoms with E-state index in [-0.39, 0.29) is 17.0 Å². The Kier molecular flexibility index (Phi) is 5.09. The molecule has 0 aliphatic rings. The summed E-state index contributed by atoms with van der Waals surface area (Å²) in [6, 6.07) is 2.79. The minimum absolute atomic E-state index is 0.0480. The molecule has 4 nitrogen and oxygen atoms in total. The Balaban J connectivity index is 2.90. The molecule has 0 aromatic heterocycles. The molecule has 1 atom stereocenters. The van der Waals surface area contributed by atoms with Crippen molar-refractivity contribution in [2.75, 3.05) is 0 Å². The molecular weight excluding hydrogens is 261 g/mol. The zero-order valence-electron chi connectivity index (χ0n) is 9.74. The standard InChI is InChI=1S/C12H13ClFNO3/c1-2-4-9(12(17)18)15-11(16)10-7(13)5-3-6-8(10)14/h3,5-6,9H,2,4H2,1H3,(H,15,16)(H,17,18). The molecule has 1 unspecified atom stereocenters. The normalized spacial score (nSPS) is 11.9. The number of carboxylic acids is 1. The molecule has 0 spiro atoms. The van der Waals surface area contributed by atoms with Crippen LogP contribution in [0.1, 0.15) is 30.1 Å². The van der Waals surface area contributed by atoms with E-state index >= 15 is 0 Å². The number of carboxylic acid groups (broad SMARTS) is 1. The Bertz CT molecular complexity index is 444. The van der Waals surface area contributed by atoms with Gasteiger partial charge in [-0.2, -0.15) is 0 Å². The highest BCUT2D eigenvalue weighted by atomic mass is 35.5. The molecule has 0 bridgehead atoms. The van der Waals surface area contributed by atoms with Crippen LogP contribution in [0, 0.1) is 5.82 Å². The summed E-state index contributed by atoms with van der Waals surface area (Å²) in [5.74, 6) is -2.75. The molecule has 1 rings (SSSR count). The number of benzene rings is 1. The molecule has 0 radical (unpaired) electrons. The van der Waals surface area contributed by atoms with E-state index in [9.17, 15) is 14.0 Å². The Morgan fingerprint density at radius 1 is 1.50 bits per heavy atom. The zero-order valence-corrected chi connectivity index (χ0v) is 10.5. The minimum atomic E-state index is -1.15. The molecule has 0 aliphatic carbocycles. The Morgan fingerprint density at radius 2 is 2.17 bits per heavy atom. The summed E-state index contributed by atoms with van der Waals surface area (Å²) in [5.41, 5.74) is -0.332. The number of hydrogen-bond donors (Lipinski definition) is 2. The number of halogens is 2. The van der Waals surface area contributed by atoms with Gasteiger partial charge in [0.2, 0.25) is 0 Å². The van der Waals surface area contributed by atoms with Crippen molar-refractivity contribution < 1.29 is 19.1 Å². The maximum absolute atomic E-state index is 13.4. The van der Waals surface area contributed by atoms with E-state index in [1.165, 1.54) is 12.1 Å². The summed E-state index contributed by atoms with van der Waals surface area (Å²) in [6.45, 7) is 1.79. The van der Waals surface area contributed by atoms with Crippen molar-refractivity contribution in [3.63, 3.8) is 0 Å². The SMILES string of the molecule is CCCC(NC(=O)c1c(F)cccc1Cl)C(=O)O. The summed E-state index contributed by atoms with van der Waals surface area (Å²) in [7, 11) is 0. The quantitative estimate of drug-likeness (QED) is 0.866. The third-order valence-corrected chi connectivity index (χ3v) is 2.69. The lowest BCUT2D eigenvalue weighted by atomic mass is 10.1. The predicted octanol–water partition coefficient (Wildman–Crippen LogP) is 2.46. The van der Waals surface area contributed by atoms with Gasteiger partial charge < -0.3 is 10.4 Å². The van der Waals surface area contributed by atoms with E-state index in [1.807, 2.05) is 0 Å². The highest BCUT2D eigenvalue weighted by Gasteiger charge is 2.22. The third-order valence-electron chi connectivity index (χ3n) is 2.37. The van der Waals surface area contributed by atoms with Crippen LogP contribution in [0.2, 0.25) is 5.02 Å². The Labute approximate surface area is 109 Å². The fourth-order valence-electron chi connectivity index (χ4n) is 1.49. The molecule has 0 saturated heterocycles. The van der Waals surface area contributed by atoms with Crippen molar-refractivity contribution in [3.8, 4) is 0 Å². The molecule has 1 amide bonds. The van der Waals surface area contributed by atoms with Gasteiger partial charge in [0.1, 0.15) is 11.9 Å². The first-order valence-electron chi connectivity index (χ1n) is 5.45. The van der Waals surface area contributed by atoms with E-state index in [0.29, 0.717) is 6.42 Å². The van der Waals surface area contributed by atoms with Gasteiger partial charge in [-0.1, -0.05) is 31.0 Å². The summed E-state index contributed by atoms with van der Waals surface area (Å²) in [5, 5.41) is 11.1. The van der Waals surface area contributed by atoms with Crippen LogP contribution in [0.25, 0.3) is 0 Å². The smallest absolute Gasteiger partial charge is 0.326 e. The van der Waals surface area contributed by atoms with E-state index < -0.39 is 23.7 Å². The van der Waals surface area contributed by atoms with E-state index in [0.717, 1.165) is 6.07 Å². The minimum Gasteiger partial charge on any atom is -0.480 e. The number of nitrogens with one attached hydrogen (secondary N) is 1. The molecule has 2 N–H and O–H groups in total. The lowest BCUT2D eigenvalue weighted by Gasteiger charge is -2.14. The fraction of sp³-hybridized carbons (Fsp3) is 0.333. The van der Waals surface area contributed by atoms with Gasteiger partial charge in [0, 0.05) is 0 Å². The third kappa shape index (κ3) is 3.43. The molecule has 1 aromatic carbocycles. The number of amides is 1. The molecule has 0 aliphatic heterocycles. The van der Waals surface area contributed by atoms with Crippen LogP contribution < -0.4 is 5.32 Å². The molecule has 18 heavy (non-hydrogen) atoms. The van der Waals surface area contributed by atoms with Crippen LogP contribution in [-0.4, -0.2) is 23.0 Å². The largest absolute Gasteiger partial charge is 0.480 e. The van der Waals surface area contributed by atoms with Gasteiger partial charge in [0.25, 0.3) is 5.91 Å². The monoisotopic (exact) mass is 273 g/mol. The van der Waals surface area contributed by atoms with Crippen LogP contribution in [0.4, 0.5) is 4.39 Å². The van der Waals surface area contributed by atoms with Crippen LogP contribution in [0.5, 0.6) is 0 Å². The predicted molar refractivity (Wildman–Crippen MR) is 65.2 cm³/mol. The molecule has 0 fully saturated rings. The molecule has 98 valence electrons. The van der Waals surface area contributed by atoms with Crippen molar-refractivity contribution in [3.05, 3.63) is 34.6 Å². The summed E-state index contributed by atoms with van der Waals surface area (Å²) in [6.07, 6.45) is 0.857. The Hall–Kier alpha value is -1.62. The van der Waals surface area contributed by atoms with Crippen molar-refractivity contribution in [1.82, 2.24) is 5.32 Å². The van der Waals surface area contributed by atoms with Crippen LogP contribution in [0.3, 0.4) is 0 Å². The second-order valence-corrected chi connectivity index (χ2v) is 4.16. The zero-order chi connectivity index (χ0) is 13.7. The van der Waals surface area contributed by atoms with Crippen molar-refractivity contribution in [2.24, 2.45) is 0 Å². The summed E-state index contributed by atoms with van der Waals surface area (Å²) >= 11 is 5.72. The molecule has 0 saturated carbocycles. The van der Waals surface area contributed by atoms with Gasteiger partial charge in [-0.15, -0.1) is 0 Å². The van der Waals surface area contributed by atoms with Gasteiger partial charge in [-0.25, -0.2) is 9.18 Å². The number of rotatable bonds is 5. The van der Waals surface area contributed by atoms with Crippen molar-refractivity contribution in [2.45, 2.75) is 25.8 Å². The topological polar surface area (TPSA) is 66.4 Å². The van der Waals surface area contributed by atoms with Crippen molar-refractivity contribution >= 4 is 23.5 Å².